The number of nitrogens with zero attached hydrogens (tertiary/aromatic N) is 1. The topological polar surface area (TPSA) is 92.2 Å². The fourth-order valence-electron chi connectivity index (χ4n) is 4.11. The molecule has 0 atom stereocenters. The Balaban J connectivity index is 1.53. The Morgan fingerprint density at radius 1 is 0.902 bits per heavy atom. The Morgan fingerprint density at radius 2 is 1.61 bits per heavy atom. The second kappa shape index (κ2) is 11.6. The molecule has 214 valence electrons. The second-order valence-corrected chi connectivity index (χ2v) is 10.1. The first-order valence-corrected chi connectivity index (χ1v) is 12.8. The highest BCUT2D eigenvalue weighted by molar-refractivity contribution is 6.34. The summed E-state index contributed by atoms with van der Waals surface area (Å²) < 4.78 is 54.4. The van der Waals surface area contributed by atoms with Crippen LogP contribution in [0.5, 0.6) is 0 Å². The third-order valence-corrected chi connectivity index (χ3v) is 6.61. The van der Waals surface area contributed by atoms with E-state index in [2.05, 4.69) is 16.0 Å². The summed E-state index contributed by atoms with van der Waals surface area (Å²) in [6.45, 7) is 3.77. The number of aryl methyl sites for hydroxylation is 1. The van der Waals surface area contributed by atoms with Crippen molar-refractivity contribution in [2.75, 3.05) is 10.6 Å². The molecule has 0 radical (unpaired) electrons. The van der Waals surface area contributed by atoms with Crippen molar-refractivity contribution < 1.29 is 31.9 Å². The van der Waals surface area contributed by atoms with Crippen molar-refractivity contribution in [2.45, 2.75) is 26.6 Å². The molecule has 0 fully saturated rings. The molecular weight excluding hydrogens is 564 g/mol. The average Bonchev–Trinajstić information content (AvgIpc) is 3.22. The van der Waals surface area contributed by atoms with Crippen molar-refractivity contribution in [2.24, 2.45) is 13.0 Å². The van der Waals surface area contributed by atoms with Gasteiger partial charge in [-0.25, -0.2) is 4.39 Å². The number of fused-ring (bicyclic) bond motifs is 1. The molecule has 3 amide bonds. The van der Waals surface area contributed by atoms with E-state index in [-0.39, 0.29) is 40.3 Å². The van der Waals surface area contributed by atoms with Gasteiger partial charge in [0, 0.05) is 41.8 Å². The molecule has 4 aromatic rings. The van der Waals surface area contributed by atoms with Gasteiger partial charge in [0.2, 0.25) is 5.91 Å². The second-order valence-electron chi connectivity index (χ2n) is 9.68. The number of rotatable bonds is 7. The van der Waals surface area contributed by atoms with Crippen LogP contribution in [0.25, 0.3) is 10.9 Å². The van der Waals surface area contributed by atoms with Gasteiger partial charge < -0.3 is 20.5 Å². The number of halogens is 5. The van der Waals surface area contributed by atoms with Gasteiger partial charge in [-0.15, -0.1) is 0 Å². The van der Waals surface area contributed by atoms with Crippen LogP contribution in [0.1, 0.15) is 45.8 Å². The summed E-state index contributed by atoms with van der Waals surface area (Å²) in [5, 5.41) is 8.62. The molecule has 0 saturated carbocycles. The van der Waals surface area contributed by atoms with E-state index in [1.54, 1.807) is 57.3 Å². The molecule has 7 nitrogen and oxygen atoms in total. The molecule has 0 spiro atoms. The summed E-state index contributed by atoms with van der Waals surface area (Å²) in [4.78, 5) is 37.8. The lowest BCUT2D eigenvalue weighted by atomic mass is 10.1. The van der Waals surface area contributed by atoms with Gasteiger partial charge in [-0.3, -0.25) is 14.4 Å². The minimum Gasteiger partial charge on any atom is -0.352 e. The number of nitrogens with one attached hydrogen (secondary N) is 3. The van der Waals surface area contributed by atoms with Crippen LogP contribution >= 0.6 is 11.6 Å². The van der Waals surface area contributed by atoms with Crippen LogP contribution in [0.2, 0.25) is 5.02 Å². The standard InChI is InChI=1S/C29H25ClF4N4O3/c1-15(2)26(39)35-14-16-4-6-23(30)22(8-16)27(40)36-20-5-7-24-17(9-20)10-25(38(24)3)28(41)37-21-12-18(29(32,33)34)11-19(31)13-21/h4-13,15H,14H2,1-3H3,(H,35,39)(H,36,40)(H,37,41). The molecule has 0 aliphatic rings. The molecular formula is C29H25ClF4N4O3. The third kappa shape index (κ3) is 6.86. The molecule has 3 aromatic carbocycles. The zero-order valence-corrected chi connectivity index (χ0v) is 22.9. The van der Waals surface area contributed by atoms with E-state index >= 15 is 0 Å². The van der Waals surface area contributed by atoms with E-state index in [9.17, 15) is 31.9 Å². The lowest BCUT2D eigenvalue weighted by Gasteiger charge is -2.11. The highest BCUT2D eigenvalue weighted by Crippen LogP contribution is 2.32. The highest BCUT2D eigenvalue weighted by Gasteiger charge is 2.31. The molecule has 0 unspecified atom stereocenters. The first kappa shape index (κ1) is 29.6. The first-order chi connectivity index (χ1) is 19.2. The number of aromatic nitrogens is 1. The van der Waals surface area contributed by atoms with Crippen LogP contribution in [0.4, 0.5) is 28.9 Å². The van der Waals surface area contributed by atoms with Crippen LogP contribution in [-0.2, 0) is 24.6 Å². The number of carbonyl (C=O) groups excluding carboxylic acids is 3. The van der Waals surface area contributed by atoms with Gasteiger partial charge in [0.1, 0.15) is 11.5 Å². The molecule has 0 aliphatic heterocycles. The maximum absolute atomic E-state index is 13.8. The van der Waals surface area contributed by atoms with E-state index in [1.165, 1.54) is 10.6 Å². The monoisotopic (exact) mass is 588 g/mol. The minimum absolute atomic E-state index is 0.0977. The third-order valence-electron chi connectivity index (χ3n) is 6.28. The van der Waals surface area contributed by atoms with E-state index in [0.717, 1.165) is 6.07 Å². The fraction of sp³-hybridized carbons (Fsp3) is 0.207. The summed E-state index contributed by atoms with van der Waals surface area (Å²) in [6, 6.07) is 13.0. The van der Waals surface area contributed by atoms with Crippen molar-refractivity contribution in [3.8, 4) is 0 Å². The van der Waals surface area contributed by atoms with Crippen LogP contribution in [0, 0.1) is 11.7 Å². The summed E-state index contributed by atoms with van der Waals surface area (Å²) in [5.74, 6) is -2.70. The summed E-state index contributed by atoms with van der Waals surface area (Å²) in [5.41, 5.74) is 0.409. The molecule has 1 aromatic heterocycles. The quantitative estimate of drug-likeness (QED) is 0.208. The lowest BCUT2D eigenvalue weighted by molar-refractivity contribution is -0.137. The number of carbonyl (C=O) groups is 3. The predicted octanol–water partition coefficient (Wildman–Crippen LogP) is 6.77. The summed E-state index contributed by atoms with van der Waals surface area (Å²) >= 11 is 6.25. The van der Waals surface area contributed by atoms with E-state index in [1.807, 2.05) is 0 Å². The van der Waals surface area contributed by atoms with E-state index < -0.39 is 29.4 Å². The largest absolute Gasteiger partial charge is 0.416 e. The van der Waals surface area contributed by atoms with Gasteiger partial charge in [0.05, 0.1) is 16.1 Å². The Morgan fingerprint density at radius 3 is 2.29 bits per heavy atom. The van der Waals surface area contributed by atoms with Crippen LogP contribution in [0.3, 0.4) is 0 Å². The Bertz CT molecular complexity index is 1660. The number of benzene rings is 3. The van der Waals surface area contributed by atoms with Gasteiger partial charge >= 0.3 is 6.18 Å². The number of amides is 3. The Kier molecular flexibility index (Phi) is 8.39. The van der Waals surface area contributed by atoms with Crippen molar-refractivity contribution in [3.05, 3.63) is 93.9 Å². The first-order valence-electron chi connectivity index (χ1n) is 12.4. The van der Waals surface area contributed by atoms with Gasteiger partial charge in [-0.2, -0.15) is 13.2 Å². The summed E-state index contributed by atoms with van der Waals surface area (Å²) in [7, 11) is 1.59. The maximum Gasteiger partial charge on any atom is 0.416 e. The SMILES string of the molecule is CC(C)C(=O)NCc1ccc(Cl)c(C(=O)Nc2ccc3c(c2)cc(C(=O)Nc2cc(F)cc(C(F)(F)F)c2)n3C)c1. The zero-order valence-electron chi connectivity index (χ0n) is 22.1. The Labute approximate surface area is 237 Å². The minimum atomic E-state index is -4.78. The number of hydrogen-bond acceptors (Lipinski definition) is 3. The van der Waals surface area contributed by atoms with Gasteiger partial charge in [-0.05, 0) is 60.2 Å². The molecule has 0 aliphatic carbocycles. The van der Waals surface area contributed by atoms with Crippen LogP contribution in [0.15, 0.2) is 60.7 Å². The van der Waals surface area contributed by atoms with Gasteiger partial charge in [-0.1, -0.05) is 31.5 Å². The average molecular weight is 589 g/mol. The molecule has 0 saturated heterocycles. The molecule has 41 heavy (non-hydrogen) atoms. The molecule has 12 heteroatoms. The normalized spacial score (nSPS) is 11.5. The molecule has 1 heterocycles. The Hall–Kier alpha value is -4.38. The molecule has 0 bridgehead atoms. The summed E-state index contributed by atoms with van der Waals surface area (Å²) in [6.07, 6.45) is -4.78. The number of hydrogen-bond donors (Lipinski definition) is 3. The number of anilines is 2. The molecule has 3 N–H and O–H groups in total. The van der Waals surface area contributed by atoms with Gasteiger partial charge in [0.25, 0.3) is 11.8 Å². The molecule has 4 rings (SSSR count). The van der Waals surface area contributed by atoms with Crippen molar-refractivity contribution >= 4 is 51.6 Å². The fourth-order valence-corrected chi connectivity index (χ4v) is 4.32. The number of alkyl halides is 3. The van der Waals surface area contributed by atoms with E-state index in [4.69, 9.17) is 11.6 Å². The van der Waals surface area contributed by atoms with Gasteiger partial charge in [0.15, 0.2) is 0 Å². The van der Waals surface area contributed by atoms with Crippen LogP contribution in [-0.4, -0.2) is 22.3 Å². The predicted molar refractivity (Wildman–Crippen MR) is 148 cm³/mol. The smallest absolute Gasteiger partial charge is 0.352 e. The van der Waals surface area contributed by atoms with E-state index in [0.29, 0.717) is 34.3 Å². The lowest BCUT2D eigenvalue weighted by Crippen LogP contribution is -2.27. The van der Waals surface area contributed by atoms with Crippen molar-refractivity contribution in [3.63, 3.8) is 0 Å². The highest BCUT2D eigenvalue weighted by atomic mass is 35.5. The van der Waals surface area contributed by atoms with Crippen molar-refractivity contribution in [1.29, 1.82) is 0 Å². The zero-order chi connectivity index (χ0) is 30.1. The maximum atomic E-state index is 13.8. The van der Waals surface area contributed by atoms with Crippen LogP contribution < -0.4 is 16.0 Å². The van der Waals surface area contributed by atoms with Crippen molar-refractivity contribution in [1.82, 2.24) is 9.88 Å².